The van der Waals surface area contributed by atoms with Gasteiger partial charge in [-0.3, -0.25) is 4.79 Å². The molecular weight excluding hydrogens is 243 g/mol. The second-order valence-electron chi connectivity index (χ2n) is 3.83. The van der Waals surface area contributed by atoms with Crippen molar-refractivity contribution in [2.75, 3.05) is 0 Å². The van der Waals surface area contributed by atoms with Gasteiger partial charge in [0.05, 0.1) is 12.1 Å². The molecule has 86 valence electrons. The van der Waals surface area contributed by atoms with Gasteiger partial charge < -0.3 is 10.0 Å². The Kier molecular flexibility index (Phi) is 1.75. The topological polar surface area (TPSA) is 40.3 Å². The molecule has 1 aliphatic carbocycles. The summed E-state index contributed by atoms with van der Waals surface area (Å²) in [6, 6.07) is 0.374. The van der Waals surface area contributed by atoms with Crippen LogP contribution in [0.4, 0.5) is 13.2 Å². The van der Waals surface area contributed by atoms with Crippen LogP contribution in [0, 0.1) is 0 Å². The minimum absolute atomic E-state index is 0.578. The van der Waals surface area contributed by atoms with Gasteiger partial charge in [-0.25, -0.2) is 0 Å². The van der Waals surface area contributed by atoms with Crippen LogP contribution in [0.1, 0.15) is 22.6 Å². The molecule has 16 heavy (non-hydrogen) atoms. The highest BCUT2D eigenvalue weighted by atomic mass is 32.1. The van der Waals surface area contributed by atoms with Gasteiger partial charge in [-0.2, -0.15) is 13.2 Å². The van der Waals surface area contributed by atoms with Crippen LogP contribution < -0.4 is 0 Å². The normalized spacial score (nSPS) is 31.2. The number of rotatable bonds is 0. The SMILES string of the molecule is O=C(N1C2c3ccsc3[C@@H](O)C21)C(F)(F)F. The van der Waals surface area contributed by atoms with Crippen molar-refractivity contribution in [1.29, 1.82) is 0 Å². The molecule has 0 bridgehead atoms. The van der Waals surface area contributed by atoms with Crippen LogP contribution in [0.15, 0.2) is 11.4 Å². The molecule has 1 aromatic heterocycles. The zero-order valence-electron chi connectivity index (χ0n) is 7.73. The Labute approximate surface area is 92.1 Å². The standard InChI is InChI=1S/C9H6F3NO2S/c10-9(11,12)8(15)13-4-3-1-2-16-7(3)6(14)5(4)13/h1-2,4-6,14H/t4?,5?,6-,13?/m0/s1. The van der Waals surface area contributed by atoms with Crippen molar-refractivity contribution in [3.8, 4) is 0 Å². The predicted molar refractivity (Wildman–Crippen MR) is 48.7 cm³/mol. The maximum absolute atomic E-state index is 12.2. The first-order valence-corrected chi connectivity index (χ1v) is 5.45. The fraction of sp³-hybridized carbons (Fsp3) is 0.444. The Balaban J connectivity index is 1.90. The lowest BCUT2D eigenvalue weighted by Crippen LogP contribution is -2.32. The average Bonchev–Trinajstić information content (AvgIpc) is 2.57. The minimum Gasteiger partial charge on any atom is -0.385 e. The summed E-state index contributed by atoms with van der Waals surface area (Å²) >= 11 is 1.31. The number of amides is 1. The molecule has 1 fully saturated rings. The van der Waals surface area contributed by atoms with Crippen LogP contribution >= 0.6 is 11.3 Å². The summed E-state index contributed by atoms with van der Waals surface area (Å²) in [5.41, 5.74) is 0.653. The molecule has 0 spiro atoms. The molecule has 7 heteroatoms. The zero-order valence-corrected chi connectivity index (χ0v) is 8.55. The Morgan fingerprint density at radius 3 is 2.81 bits per heavy atom. The number of aliphatic hydroxyl groups is 1. The third-order valence-corrected chi connectivity index (χ3v) is 3.97. The number of aliphatic hydroxyl groups excluding tert-OH is 1. The molecule has 1 aliphatic heterocycles. The van der Waals surface area contributed by atoms with E-state index in [0.717, 1.165) is 0 Å². The van der Waals surface area contributed by atoms with Gasteiger partial charge in [0.25, 0.3) is 0 Å². The number of carbonyl (C=O) groups excluding carboxylic acids is 1. The van der Waals surface area contributed by atoms with Crippen molar-refractivity contribution in [3.05, 3.63) is 21.9 Å². The van der Waals surface area contributed by atoms with Crippen molar-refractivity contribution in [3.63, 3.8) is 0 Å². The summed E-state index contributed by atoms with van der Waals surface area (Å²) in [6.07, 6.45) is -5.83. The zero-order chi connectivity index (χ0) is 11.7. The molecular formula is C9H6F3NO2S. The van der Waals surface area contributed by atoms with Gasteiger partial charge in [0.1, 0.15) is 6.10 Å². The van der Waals surface area contributed by atoms with Crippen LogP contribution in [0.3, 0.4) is 0 Å². The number of alkyl halides is 3. The second-order valence-corrected chi connectivity index (χ2v) is 4.78. The van der Waals surface area contributed by atoms with E-state index in [-0.39, 0.29) is 0 Å². The van der Waals surface area contributed by atoms with E-state index >= 15 is 0 Å². The molecule has 0 aromatic carbocycles. The molecule has 0 radical (unpaired) electrons. The van der Waals surface area contributed by atoms with Crippen molar-refractivity contribution >= 4 is 17.2 Å². The molecule has 2 aliphatic rings. The highest BCUT2D eigenvalue weighted by molar-refractivity contribution is 7.10. The lowest BCUT2D eigenvalue weighted by Gasteiger charge is -2.13. The monoisotopic (exact) mass is 249 g/mol. The largest absolute Gasteiger partial charge is 0.471 e. The summed E-state index contributed by atoms with van der Waals surface area (Å²) in [5, 5.41) is 11.4. The molecule has 2 heterocycles. The summed E-state index contributed by atoms with van der Waals surface area (Å²) in [7, 11) is 0. The van der Waals surface area contributed by atoms with Crippen LogP contribution in [0.5, 0.6) is 0 Å². The summed E-state index contributed by atoms with van der Waals surface area (Å²) in [6.45, 7) is 0. The fourth-order valence-electron chi connectivity index (χ4n) is 2.29. The smallest absolute Gasteiger partial charge is 0.385 e. The average molecular weight is 249 g/mol. The molecule has 0 saturated carbocycles. The van der Waals surface area contributed by atoms with E-state index in [1.54, 1.807) is 11.4 Å². The minimum atomic E-state index is -4.86. The van der Waals surface area contributed by atoms with Gasteiger partial charge in [-0.1, -0.05) is 0 Å². The molecule has 3 nitrogen and oxygen atoms in total. The molecule has 3 atom stereocenters. The number of fused-ring (bicyclic) bond motifs is 3. The van der Waals surface area contributed by atoms with Crippen molar-refractivity contribution in [1.82, 2.24) is 4.90 Å². The number of carbonyl (C=O) groups is 1. The van der Waals surface area contributed by atoms with Gasteiger partial charge in [-0.05, 0) is 17.0 Å². The first-order valence-electron chi connectivity index (χ1n) is 4.58. The first-order chi connectivity index (χ1) is 7.43. The highest BCUT2D eigenvalue weighted by Crippen LogP contribution is 2.59. The van der Waals surface area contributed by atoms with Gasteiger partial charge >= 0.3 is 12.1 Å². The van der Waals surface area contributed by atoms with Gasteiger partial charge in [0.15, 0.2) is 0 Å². The molecule has 1 aromatic rings. The summed E-state index contributed by atoms with van der Waals surface area (Å²) in [4.78, 5) is 12.4. The van der Waals surface area contributed by atoms with E-state index in [9.17, 15) is 23.1 Å². The molecule has 1 saturated heterocycles. The van der Waals surface area contributed by atoms with E-state index in [2.05, 4.69) is 0 Å². The van der Waals surface area contributed by atoms with Crippen molar-refractivity contribution < 1.29 is 23.1 Å². The van der Waals surface area contributed by atoms with Gasteiger partial charge in [0.2, 0.25) is 0 Å². The van der Waals surface area contributed by atoms with Crippen LogP contribution in [-0.2, 0) is 4.79 Å². The van der Waals surface area contributed by atoms with E-state index in [1.165, 1.54) is 11.3 Å². The summed E-state index contributed by atoms with van der Waals surface area (Å²) < 4.78 is 36.6. The quantitative estimate of drug-likeness (QED) is 0.709. The van der Waals surface area contributed by atoms with E-state index in [1.807, 2.05) is 0 Å². The van der Waals surface area contributed by atoms with Crippen LogP contribution in [-0.4, -0.2) is 28.1 Å². The van der Waals surface area contributed by atoms with E-state index in [0.29, 0.717) is 15.3 Å². The van der Waals surface area contributed by atoms with Gasteiger partial charge in [-0.15, -0.1) is 11.3 Å². The second kappa shape index (κ2) is 2.78. The lowest BCUT2D eigenvalue weighted by atomic mass is 10.2. The Morgan fingerprint density at radius 1 is 1.50 bits per heavy atom. The number of hydrogen-bond donors (Lipinski definition) is 1. The Hall–Kier alpha value is -1.08. The molecule has 2 unspecified atom stereocenters. The maximum atomic E-state index is 12.2. The molecule has 1 N–H and O–H groups in total. The lowest BCUT2D eigenvalue weighted by molar-refractivity contribution is -0.181. The highest BCUT2D eigenvalue weighted by Gasteiger charge is 2.66. The van der Waals surface area contributed by atoms with Crippen molar-refractivity contribution in [2.24, 2.45) is 0 Å². The Morgan fingerprint density at radius 2 is 2.19 bits per heavy atom. The summed E-state index contributed by atoms with van der Waals surface area (Å²) in [5.74, 6) is -1.86. The maximum Gasteiger partial charge on any atom is 0.471 e. The van der Waals surface area contributed by atoms with Gasteiger partial charge in [0, 0.05) is 4.88 Å². The predicted octanol–water partition coefficient (Wildman–Crippen LogP) is 1.61. The number of halogens is 3. The van der Waals surface area contributed by atoms with Crippen molar-refractivity contribution in [2.45, 2.75) is 24.4 Å². The molecule has 3 rings (SSSR count). The number of thiophene rings is 1. The van der Waals surface area contributed by atoms with E-state index in [4.69, 9.17) is 0 Å². The Bertz CT molecular complexity index is 470. The third kappa shape index (κ3) is 1.10. The van der Waals surface area contributed by atoms with Crippen LogP contribution in [0.25, 0.3) is 0 Å². The first kappa shape index (κ1) is 10.1. The molecule has 1 amide bonds. The van der Waals surface area contributed by atoms with E-state index < -0.39 is 30.3 Å². The fourth-order valence-corrected chi connectivity index (χ4v) is 3.25. The number of nitrogens with zero attached hydrogens (tertiary/aromatic N) is 1. The number of hydrogen-bond acceptors (Lipinski definition) is 3. The third-order valence-electron chi connectivity index (χ3n) is 2.97. The van der Waals surface area contributed by atoms with Crippen LogP contribution in [0.2, 0.25) is 0 Å².